The Morgan fingerprint density at radius 2 is 1.58 bits per heavy atom. The van der Waals surface area contributed by atoms with Crippen LogP contribution in [0.2, 0.25) is 0 Å². The zero-order valence-electron chi connectivity index (χ0n) is 16.0. The van der Waals surface area contributed by atoms with E-state index in [9.17, 15) is 4.79 Å². The average Bonchev–Trinajstić information content (AvgIpc) is 2.69. The van der Waals surface area contributed by atoms with Crippen molar-refractivity contribution >= 4 is 5.78 Å². The van der Waals surface area contributed by atoms with Gasteiger partial charge in [-0.2, -0.15) is 0 Å². The summed E-state index contributed by atoms with van der Waals surface area (Å²) in [5.41, 5.74) is 3.54. The molecule has 0 bridgehead atoms. The van der Waals surface area contributed by atoms with E-state index in [1.807, 2.05) is 12.1 Å². The molecule has 0 saturated heterocycles. The molecule has 0 aromatic heterocycles. The third-order valence-corrected chi connectivity index (χ3v) is 5.59. The molecular formula is C24H30O2. The molecule has 1 aliphatic rings. The van der Waals surface area contributed by atoms with E-state index >= 15 is 0 Å². The zero-order chi connectivity index (χ0) is 18.4. The standard InChI is InChI=1S/C24H30O2/c1-3-5-16-26-22-13-11-20(12-14-22)19-7-9-21(10-8-19)23-15-6-18(4-2)17-24(23)25/h7-14,18,23H,3-6,15-17H2,1-2H3/t18-,23+/m1/s1. The molecule has 138 valence electrons. The molecule has 2 atom stereocenters. The molecule has 1 saturated carbocycles. The van der Waals surface area contributed by atoms with Gasteiger partial charge in [0.2, 0.25) is 0 Å². The molecule has 1 aliphatic carbocycles. The van der Waals surface area contributed by atoms with E-state index in [1.54, 1.807) is 0 Å². The summed E-state index contributed by atoms with van der Waals surface area (Å²) in [6, 6.07) is 16.8. The van der Waals surface area contributed by atoms with Crippen LogP contribution < -0.4 is 4.74 Å². The van der Waals surface area contributed by atoms with Crippen molar-refractivity contribution in [3.63, 3.8) is 0 Å². The van der Waals surface area contributed by atoms with Crippen LogP contribution in [0.5, 0.6) is 5.75 Å². The normalized spacial score (nSPS) is 20.2. The van der Waals surface area contributed by atoms with Gasteiger partial charge in [0, 0.05) is 12.3 Å². The molecule has 0 heterocycles. The van der Waals surface area contributed by atoms with E-state index in [2.05, 4.69) is 50.2 Å². The monoisotopic (exact) mass is 350 g/mol. The van der Waals surface area contributed by atoms with Crippen molar-refractivity contribution in [2.75, 3.05) is 6.61 Å². The Hall–Kier alpha value is -2.09. The molecule has 2 aromatic rings. The van der Waals surface area contributed by atoms with Gasteiger partial charge in [-0.25, -0.2) is 0 Å². The largest absolute Gasteiger partial charge is 0.494 e. The van der Waals surface area contributed by atoms with Gasteiger partial charge in [-0.05, 0) is 54.0 Å². The van der Waals surface area contributed by atoms with Gasteiger partial charge in [-0.1, -0.05) is 63.1 Å². The molecule has 3 rings (SSSR count). The lowest BCUT2D eigenvalue weighted by Crippen LogP contribution is -2.23. The van der Waals surface area contributed by atoms with Crippen LogP contribution in [0.1, 0.15) is 63.9 Å². The number of rotatable bonds is 7. The quantitative estimate of drug-likeness (QED) is 0.540. The third kappa shape index (κ3) is 4.55. The summed E-state index contributed by atoms with van der Waals surface area (Å²) < 4.78 is 5.73. The van der Waals surface area contributed by atoms with Gasteiger partial charge in [0.05, 0.1) is 6.61 Å². The molecule has 0 N–H and O–H groups in total. The maximum absolute atomic E-state index is 12.5. The van der Waals surface area contributed by atoms with Crippen LogP contribution in [-0.2, 0) is 4.79 Å². The molecule has 0 unspecified atom stereocenters. The fourth-order valence-corrected chi connectivity index (χ4v) is 3.78. The van der Waals surface area contributed by atoms with Crippen LogP contribution in [0.3, 0.4) is 0 Å². The van der Waals surface area contributed by atoms with Crippen molar-refractivity contribution in [3.05, 3.63) is 54.1 Å². The smallest absolute Gasteiger partial charge is 0.140 e. The second-order valence-corrected chi connectivity index (χ2v) is 7.42. The predicted molar refractivity (Wildman–Crippen MR) is 108 cm³/mol. The lowest BCUT2D eigenvalue weighted by atomic mass is 9.77. The number of carbonyl (C=O) groups is 1. The molecule has 2 heteroatoms. The van der Waals surface area contributed by atoms with Crippen LogP contribution in [0.15, 0.2) is 48.5 Å². The maximum Gasteiger partial charge on any atom is 0.140 e. The minimum atomic E-state index is 0.0983. The van der Waals surface area contributed by atoms with Crippen molar-refractivity contribution < 1.29 is 9.53 Å². The van der Waals surface area contributed by atoms with Crippen LogP contribution >= 0.6 is 0 Å². The molecular weight excluding hydrogens is 320 g/mol. The van der Waals surface area contributed by atoms with Crippen molar-refractivity contribution in [3.8, 4) is 16.9 Å². The molecule has 0 aliphatic heterocycles. The van der Waals surface area contributed by atoms with E-state index in [0.717, 1.165) is 44.5 Å². The molecule has 26 heavy (non-hydrogen) atoms. The van der Waals surface area contributed by atoms with Gasteiger partial charge in [0.25, 0.3) is 0 Å². The highest BCUT2D eigenvalue weighted by Gasteiger charge is 2.28. The van der Waals surface area contributed by atoms with Crippen LogP contribution in [-0.4, -0.2) is 12.4 Å². The molecule has 0 radical (unpaired) electrons. The van der Waals surface area contributed by atoms with E-state index in [0.29, 0.717) is 11.7 Å². The Morgan fingerprint density at radius 1 is 0.923 bits per heavy atom. The van der Waals surface area contributed by atoms with Crippen molar-refractivity contribution in [2.24, 2.45) is 5.92 Å². The average molecular weight is 351 g/mol. The minimum absolute atomic E-state index is 0.0983. The summed E-state index contributed by atoms with van der Waals surface area (Å²) >= 11 is 0. The Bertz CT molecular complexity index is 700. The molecule has 0 amide bonds. The Labute approximate surface area is 157 Å². The Balaban J connectivity index is 1.65. The van der Waals surface area contributed by atoms with Gasteiger partial charge >= 0.3 is 0 Å². The highest BCUT2D eigenvalue weighted by Crippen LogP contribution is 2.35. The van der Waals surface area contributed by atoms with Crippen LogP contribution in [0, 0.1) is 5.92 Å². The highest BCUT2D eigenvalue weighted by atomic mass is 16.5. The molecule has 1 fully saturated rings. The van der Waals surface area contributed by atoms with Gasteiger partial charge in [0.15, 0.2) is 0 Å². The topological polar surface area (TPSA) is 26.3 Å². The number of unbranched alkanes of at least 4 members (excludes halogenated alkanes) is 1. The lowest BCUT2D eigenvalue weighted by Gasteiger charge is -2.27. The SMILES string of the molecule is CCCCOc1ccc(-c2ccc([C@@H]3CC[C@@H](CC)CC3=O)cc2)cc1. The van der Waals surface area contributed by atoms with Crippen molar-refractivity contribution in [2.45, 2.75) is 58.3 Å². The molecule has 2 aromatic carbocycles. The number of ether oxygens (including phenoxy) is 1. The second-order valence-electron chi connectivity index (χ2n) is 7.42. The number of hydrogen-bond donors (Lipinski definition) is 0. The number of carbonyl (C=O) groups excluding carboxylic acids is 1. The summed E-state index contributed by atoms with van der Waals surface area (Å²) in [7, 11) is 0. The van der Waals surface area contributed by atoms with E-state index in [-0.39, 0.29) is 5.92 Å². The first-order valence-electron chi connectivity index (χ1n) is 10.1. The van der Waals surface area contributed by atoms with E-state index in [4.69, 9.17) is 4.74 Å². The highest BCUT2D eigenvalue weighted by molar-refractivity contribution is 5.86. The summed E-state index contributed by atoms with van der Waals surface area (Å²) in [5, 5.41) is 0. The van der Waals surface area contributed by atoms with Gasteiger partial charge in [0.1, 0.15) is 11.5 Å². The first-order valence-corrected chi connectivity index (χ1v) is 10.1. The Morgan fingerprint density at radius 3 is 2.15 bits per heavy atom. The fraction of sp³-hybridized carbons (Fsp3) is 0.458. The number of benzene rings is 2. The summed E-state index contributed by atoms with van der Waals surface area (Å²) in [5.74, 6) is 2.04. The van der Waals surface area contributed by atoms with Crippen LogP contribution in [0.25, 0.3) is 11.1 Å². The molecule has 2 nitrogen and oxygen atoms in total. The Kier molecular flexibility index (Phi) is 6.49. The number of ketones is 1. The summed E-state index contributed by atoms with van der Waals surface area (Å²) in [4.78, 5) is 12.5. The lowest BCUT2D eigenvalue weighted by molar-refractivity contribution is -0.123. The van der Waals surface area contributed by atoms with Gasteiger partial charge < -0.3 is 4.74 Å². The fourth-order valence-electron chi connectivity index (χ4n) is 3.78. The summed E-state index contributed by atoms with van der Waals surface area (Å²) in [6.07, 6.45) is 6.28. The number of Topliss-reactive ketones (excluding diaryl/α,β-unsaturated/α-hetero) is 1. The first kappa shape index (κ1) is 18.7. The zero-order valence-corrected chi connectivity index (χ0v) is 16.0. The van der Waals surface area contributed by atoms with Gasteiger partial charge in [-0.3, -0.25) is 4.79 Å². The first-order chi connectivity index (χ1) is 12.7. The maximum atomic E-state index is 12.5. The van der Waals surface area contributed by atoms with Gasteiger partial charge in [-0.15, -0.1) is 0 Å². The second kappa shape index (κ2) is 9.02. The molecule has 0 spiro atoms. The van der Waals surface area contributed by atoms with Crippen LogP contribution in [0.4, 0.5) is 0 Å². The number of hydrogen-bond acceptors (Lipinski definition) is 2. The van der Waals surface area contributed by atoms with E-state index < -0.39 is 0 Å². The van der Waals surface area contributed by atoms with Crippen molar-refractivity contribution in [1.82, 2.24) is 0 Å². The van der Waals surface area contributed by atoms with Crippen molar-refractivity contribution in [1.29, 1.82) is 0 Å². The van der Waals surface area contributed by atoms with E-state index in [1.165, 1.54) is 23.1 Å². The summed E-state index contributed by atoms with van der Waals surface area (Å²) in [6.45, 7) is 5.13. The third-order valence-electron chi connectivity index (χ3n) is 5.59. The predicted octanol–water partition coefficient (Wildman–Crippen LogP) is 6.40. The minimum Gasteiger partial charge on any atom is -0.494 e.